The summed E-state index contributed by atoms with van der Waals surface area (Å²) >= 11 is 2.81. The highest BCUT2D eigenvalue weighted by Crippen LogP contribution is 2.30. The summed E-state index contributed by atoms with van der Waals surface area (Å²) in [4.78, 5) is 18.5. The molecule has 0 unspecified atom stereocenters. The van der Waals surface area contributed by atoms with Gasteiger partial charge in [0.1, 0.15) is 0 Å². The molecule has 2 aromatic heterocycles. The molecule has 0 fully saturated rings. The molecule has 0 atom stereocenters. The van der Waals surface area contributed by atoms with Gasteiger partial charge in [0.05, 0.1) is 5.75 Å². The van der Waals surface area contributed by atoms with Crippen LogP contribution in [0.25, 0.3) is 17.1 Å². The number of carbonyl (C=O) groups excluding carboxylic acids is 1. The highest BCUT2D eigenvalue weighted by atomic mass is 32.2. The Bertz CT molecular complexity index is 1180. The summed E-state index contributed by atoms with van der Waals surface area (Å²) in [6, 6.07) is 18.4. The highest BCUT2D eigenvalue weighted by Gasteiger charge is 2.20. The third-order valence-corrected chi connectivity index (χ3v) is 6.82. The number of aromatic nitrogens is 4. The van der Waals surface area contributed by atoms with Crippen molar-refractivity contribution in [3.8, 4) is 17.1 Å². The molecular formula is C24H25N5OS2. The van der Waals surface area contributed by atoms with Crippen LogP contribution in [0.15, 0.2) is 71.3 Å². The summed E-state index contributed by atoms with van der Waals surface area (Å²) < 4.78 is 2.01. The topological polar surface area (TPSA) is 63.9 Å². The van der Waals surface area contributed by atoms with Crippen LogP contribution in [0.5, 0.6) is 0 Å². The molecule has 6 nitrogen and oxygen atoms in total. The molecule has 1 amide bonds. The first-order valence-corrected chi connectivity index (χ1v) is 12.1. The Morgan fingerprint density at radius 2 is 1.78 bits per heavy atom. The Labute approximate surface area is 196 Å². The van der Waals surface area contributed by atoms with Crippen LogP contribution in [0.3, 0.4) is 0 Å². The summed E-state index contributed by atoms with van der Waals surface area (Å²) in [7, 11) is 1.74. The molecule has 0 spiro atoms. The SMILES string of the molecule is CN(C(=O)CSc1nnc(-c2ccc(C(C)(C)C)cc2)n1-c1ccccc1)c1nccs1. The van der Waals surface area contributed by atoms with E-state index in [2.05, 4.69) is 60.2 Å². The number of amides is 1. The van der Waals surface area contributed by atoms with Gasteiger partial charge in [-0.25, -0.2) is 4.98 Å². The molecule has 0 aliphatic rings. The maximum absolute atomic E-state index is 12.7. The second-order valence-corrected chi connectivity index (χ2v) is 10.2. The molecule has 8 heteroatoms. The van der Waals surface area contributed by atoms with Crippen molar-refractivity contribution in [1.82, 2.24) is 19.7 Å². The van der Waals surface area contributed by atoms with Crippen molar-refractivity contribution < 1.29 is 4.79 Å². The number of thiazole rings is 1. The number of hydrogen-bond acceptors (Lipinski definition) is 6. The van der Waals surface area contributed by atoms with E-state index in [4.69, 9.17) is 0 Å². The van der Waals surface area contributed by atoms with Gasteiger partial charge in [0.15, 0.2) is 16.1 Å². The van der Waals surface area contributed by atoms with Gasteiger partial charge in [-0.15, -0.1) is 21.5 Å². The van der Waals surface area contributed by atoms with E-state index in [-0.39, 0.29) is 17.1 Å². The first-order chi connectivity index (χ1) is 15.3. The van der Waals surface area contributed by atoms with Crippen molar-refractivity contribution >= 4 is 34.1 Å². The van der Waals surface area contributed by atoms with Gasteiger partial charge in [-0.3, -0.25) is 14.3 Å². The minimum atomic E-state index is -0.0383. The number of anilines is 1. The minimum absolute atomic E-state index is 0.0383. The van der Waals surface area contributed by atoms with Crippen LogP contribution in [0.4, 0.5) is 5.13 Å². The predicted octanol–water partition coefficient (Wildman–Crippen LogP) is 5.44. The molecule has 2 aromatic carbocycles. The van der Waals surface area contributed by atoms with Gasteiger partial charge in [-0.1, -0.05) is 75.0 Å². The van der Waals surface area contributed by atoms with Crippen molar-refractivity contribution in [2.75, 3.05) is 17.7 Å². The van der Waals surface area contributed by atoms with Crippen molar-refractivity contribution in [2.24, 2.45) is 0 Å². The van der Waals surface area contributed by atoms with Crippen LogP contribution >= 0.6 is 23.1 Å². The first-order valence-electron chi connectivity index (χ1n) is 10.2. The molecule has 2 heterocycles. The Balaban J connectivity index is 1.64. The number of rotatable bonds is 6. The minimum Gasteiger partial charge on any atom is -0.291 e. The van der Waals surface area contributed by atoms with Crippen LogP contribution in [-0.2, 0) is 10.2 Å². The maximum Gasteiger partial charge on any atom is 0.238 e. The van der Waals surface area contributed by atoms with E-state index in [1.54, 1.807) is 18.1 Å². The molecule has 0 saturated carbocycles. The summed E-state index contributed by atoms with van der Waals surface area (Å²) in [5, 5.41) is 12.1. The summed E-state index contributed by atoms with van der Waals surface area (Å²) in [5.41, 5.74) is 3.27. The van der Waals surface area contributed by atoms with Crippen molar-refractivity contribution in [3.05, 3.63) is 71.7 Å². The smallest absolute Gasteiger partial charge is 0.238 e. The Morgan fingerprint density at radius 1 is 1.06 bits per heavy atom. The molecule has 0 aliphatic heterocycles. The van der Waals surface area contributed by atoms with Crippen LogP contribution < -0.4 is 4.90 Å². The fraction of sp³-hybridized carbons (Fsp3) is 0.250. The number of para-hydroxylation sites is 1. The largest absolute Gasteiger partial charge is 0.291 e. The quantitative estimate of drug-likeness (QED) is 0.356. The number of hydrogen-bond donors (Lipinski definition) is 0. The number of thioether (sulfide) groups is 1. The fourth-order valence-corrected chi connectivity index (χ4v) is 4.68. The zero-order valence-electron chi connectivity index (χ0n) is 18.5. The van der Waals surface area contributed by atoms with Crippen LogP contribution in [0, 0.1) is 0 Å². The predicted molar refractivity (Wildman–Crippen MR) is 132 cm³/mol. The zero-order chi connectivity index (χ0) is 22.7. The molecule has 4 rings (SSSR count). The molecular weight excluding hydrogens is 438 g/mol. The van der Waals surface area contributed by atoms with E-state index in [9.17, 15) is 4.79 Å². The Hall–Kier alpha value is -2.97. The second-order valence-electron chi connectivity index (χ2n) is 8.36. The highest BCUT2D eigenvalue weighted by molar-refractivity contribution is 7.99. The molecule has 0 aliphatic carbocycles. The van der Waals surface area contributed by atoms with Gasteiger partial charge in [-0.05, 0) is 23.1 Å². The number of benzene rings is 2. The summed E-state index contributed by atoms with van der Waals surface area (Å²) in [6.07, 6.45) is 1.69. The lowest BCUT2D eigenvalue weighted by molar-refractivity contribution is -0.115. The van der Waals surface area contributed by atoms with Gasteiger partial charge < -0.3 is 0 Å². The normalized spacial score (nSPS) is 11.5. The lowest BCUT2D eigenvalue weighted by Gasteiger charge is -2.19. The molecule has 32 heavy (non-hydrogen) atoms. The molecule has 0 radical (unpaired) electrons. The molecule has 164 valence electrons. The van der Waals surface area contributed by atoms with Crippen LogP contribution in [-0.4, -0.2) is 38.5 Å². The Morgan fingerprint density at radius 3 is 2.41 bits per heavy atom. The second kappa shape index (κ2) is 9.26. The summed E-state index contributed by atoms with van der Waals surface area (Å²) in [6.45, 7) is 6.59. The van der Waals surface area contributed by atoms with E-state index in [0.717, 1.165) is 17.1 Å². The van der Waals surface area contributed by atoms with E-state index in [0.29, 0.717) is 10.3 Å². The standard InChI is InChI=1S/C24H25N5OS2/c1-24(2,3)18-12-10-17(11-13-18)21-26-27-23(29(21)19-8-6-5-7-9-19)32-16-20(30)28(4)22-25-14-15-31-22/h5-15H,16H2,1-4H3. The first kappa shape index (κ1) is 22.2. The van der Waals surface area contributed by atoms with E-state index < -0.39 is 0 Å². The fourth-order valence-electron chi connectivity index (χ4n) is 3.19. The van der Waals surface area contributed by atoms with Gasteiger partial charge in [-0.2, -0.15) is 0 Å². The third kappa shape index (κ3) is 4.76. The van der Waals surface area contributed by atoms with Crippen molar-refractivity contribution in [3.63, 3.8) is 0 Å². The maximum atomic E-state index is 12.7. The van der Waals surface area contributed by atoms with Crippen LogP contribution in [0.1, 0.15) is 26.3 Å². The lowest BCUT2D eigenvalue weighted by atomic mass is 9.87. The van der Waals surface area contributed by atoms with Crippen molar-refractivity contribution in [1.29, 1.82) is 0 Å². The number of nitrogens with zero attached hydrogens (tertiary/aromatic N) is 5. The van der Waals surface area contributed by atoms with Gasteiger partial charge in [0, 0.05) is 29.9 Å². The average Bonchev–Trinajstić information content (AvgIpc) is 3.47. The molecule has 4 aromatic rings. The molecule has 0 N–H and O–H groups in total. The van der Waals surface area contributed by atoms with E-state index in [1.807, 2.05) is 40.3 Å². The van der Waals surface area contributed by atoms with Crippen molar-refractivity contribution in [2.45, 2.75) is 31.3 Å². The van der Waals surface area contributed by atoms with Crippen LogP contribution in [0.2, 0.25) is 0 Å². The van der Waals surface area contributed by atoms with E-state index in [1.165, 1.54) is 28.7 Å². The zero-order valence-corrected chi connectivity index (χ0v) is 20.2. The lowest BCUT2D eigenvalue weighted by Crippen LogP contribution is -2.27. The van der Waals surface area contributed by atoms with Gasteiger partial charge >= 0.3 is 0 Å². The number of carbonyl (C=O) groups is 1. The third-order valence-electron chi connectivity index (χ3n) is 5.06. The molecule has 0 saturated heterocycles. The monoisotopic (exact) mass is 463 g/mol. The average molecular weight is 464 g/mol. The molecule has 0 bridgehead atoms. The summed E-state index contributed by atoms with van der Waals surface area (Å²) in [5.74, 6) is 0.952. The van der Waals surface area contributed by atoms with E-state index >= 15 is 0 Å². The van der Waals surface area contributed by atoms with Gasteiger partial charge in [0.25, 0.3) is 0 Å². The Kier molecular flexibility index (Phi) is 6.43. The van der Waals surface area contributed by atoms with Gasteiger partial charge in [0.2, 0.25) is 5.91 Å².